The molecule has 2 aromatic rings. The summed E-state index contributed by atoms with van der Waals surface area (Å²) >= 11 is 12.8. The van der Waals surface area contributed by atoms with Crippen molar-refractivity contribution in [3.8, 4) is 5.75 Å². The molecule has 30 heavy (non-hydrogen) atoms. The van der Waals surface area contributed by atoms with Crippen LogP contribution in [0, 0.1) is 11.3 Å². The van der Waals surface area contributed by atoms with Crippen LogP contribution in [0.4, 0.5) is 0 Å². The van der Waals surface area contributed by atoms with Crippen molar-refractivity contribution in [2.24, 2.45) is 11.3 Å². The maximum absolute atomic E-state index is 12.8. The van der Waals surface area contributed by atoms with Gasteiger partial charge in [0.2, 0.25) is 5.91 Å². The van der Waals surface area contributed by atoms with Gasteiger partial charge in [0.15, 0.2) is 0 Å². The monoisotopic (exact) mass is 445 g/mol. The van der Waals surface area contributed by atoms with E-state index in [0.29, 0.717) is 15.8 Å². The van der Waals surface area contributed by atoms with Crippen LogP contribution >= 0.6 is 23.2 Å². The average Bonchev–Trinajstić information content (AvgIpc) is 2.95. The zero-order valence-corrected chi connectivity index (χ0v) is 18.5. The van der Waals surface area contributed by atoms with E-state index in [2.05, 4.69) is 18.3 Å². The highest BCUT2D eigenvalue weighted by Gasteiger charge is 2.55. The number of hydrogen-bond donors (Lipinski definition) is 2. The van der Waals surface area contributed by atoms with Crippen LogP contribution in [0.25, 0.3) is 0 Å². The zero-order valence-electron chi connectivity index (χ0n) is 16.9. The molecular formula is C24H25Cl2NO3. The maximum Gasteiger partial charge on any atom is 0.230 e. The molecule has 2 N–H and O–H groups in total. The third-order valence-corrected chi connectivity index (χ3v) is 7.03. The molecule has 0 spiro atoms. The van der Waals surface area contributed by atoms with Gasteiger partial charge >= 0.3 is 0 Å². The number of benzene rings is 2. The van der Waals surface area contributed by atoms with Crippen LogP contribution in [0.15, 0.2) is 54.6 Å². The van der Waals surface area contributed by atoms with Crippen LogP contribution in [0.5, 0.6) is 5.75 Å². The largest absolute Gasteiger partial charge is 0.491 e. The Morgan fingerprint density at radius 1 is 1.17 bits per heavy atom. The van der Waals surface area contributed by atoms with E-state index >= 15 is 0 Å². The lowest BCUT2D eigenvalue weighted by Crippen LogP contribution is -2.39. The van der Waals surface area contributed by atoms with Gasteiger partial charge in [0.1, 0.15) is 12.4 Å². The number of rotatable bonds is 5. The first-order valence-corrected chi connectivity index (χ1v) is 10.9. The lowest BCUT2D eigenvalue weighted by atomic mass is 9.59. The molecular weight excluding hydrogens is 421 g/mol. The van der Waals surface area contributed by atoms with Crippen molar-refractivity contribution in [3.05, 3.63) is 75.8 Å². The minimum absolute atomic E-state index is 0.00112. The lowest BCUT2D eigenvalue weighted by molar-refractivity contribution is -0.126. The molecule has 1 aliphatic carbocycles. The molecule has 1 amide bonds. The number of ether oxygens (including phenoxy) is 1. The molecule has 1 heterocycles. The number of allylic oxidation sites excluding steroid dienone is 1. The fourth-order valence-corrected chi connectivity index (χ4v) is 5.49. The highest BCUT2D eigenvalue weighted by Crippen LogP contribution is 2.56. The Morgan fingerprint density at radius 2 is 1.90 bits per heavy atom. The van der Waals surface area contributed by atoms with Crippen LogP contribution in [0.3, 0.4) is 0 Å². The number of fused-ring (bicyclic) bond motifs is 1. The first kappa shape index (κ1) is 21.2. The summed E-state index contributed by atoms with van der Waals surface area (Å²) in [7, 11) is 0. The lowest BCUT2D eigenvalue weighted by Gasteiger charge is -2.42. The molecule has 6 heteroatoms. The number of hydrogen-bond acceptors (Lipinski definition) is 3. The highest BCUT2D eigenvalue weighted by molar-refractivity contribution is 6.31. The number of nitrogens with one attached hydrogen (secondary N) is 1. The van der Waals surface area contributed by atoms with Crippen molar-refractivity contribution in [1.29, 1.82) is 0 Å². The number of carbonyl (C=O) groups is 1. The van der Waals surface area contributed by atoms with E-state index in [1.54, 1.807) is 6.07 Å². The minimum atomic E-state index is -0.573. The summed E-state index contributed by atoms with van der Waals surface area (Å²) in [6.45, 7) is 4.25. The molecule has 0 bridgehead atoms. The molecule has 4 nitrogen and oxygen atoms in total. The minimum Gasteiger partial charge on any atom is -0.491 e. The average molecular weight is 446 g/mol. The van der Waals surface area contributed by atoms with Crippen LogP contribution in [-0.4, -0.2) is 30.3 Å². The van der Waals surface area contributed by atoms with E-state index in [0.717, 1.165) is 11.1 Å². The SMILES string of the molecule is CC1NC(=O)C2(C)C=CC(c3ccc(OCCO)cc3Cl)C(c3ccc(Cl)cc3)C12. The van der Waals surface area contributed by atoms with Gasteiger partial charge in [0, 0.05) is 33.8 Å². The second-order valence-corrected chi connectivity index (χ2v) is 9.13. The standard InChI is InChI=1S/C24H25Cl2NO3/c1-14-22-21(15-3-5-16(25)6-4-15)19(9-10-24(22,2)23(29)27-14)18-8-7-17(13-20(18)26)30-12-11-28/h3-10,13-14,19,21-22,28H,11-12H2,1-2H3,(H,27,29). The zero-order chi connectivity index (χ0) is 21.5. The van der Waals surface area contributed by atoms with Crippen molar-refractivity contribution >= 4 is 29.1 Å². The predicted molar refractivity (Wildman–Crippen MR) is 119 cm³/mol. The summed E-state index contributed by atoms with van der Waals surface area (Å²) in [6.07, 6.45) is 4.16. The van der Waals surface area contributed by atoms with E-state index in [-0.39, 0.29) is 42.9 Å². The Labute approximate surface area is 186 Å². The molecule has 2 aliphatic rings. The third-order valence-electron chi connectivity index (χ3n) is 6.45. The van der Waals surface area contributed by atoms with Gasteiger partial charge in [-0.3, -0.25) is 4.79 Å². The fraction of sp³-hybridized carbons (Fsp3) is 0.375. The molecule has 1 fully saturated rings. The van der Waals surface area contributed by atoms with Gasteiger partial charge in [-0.25, -0.2) is 0 Å². The molecule has 5 unspecified atom stereocenters. The number of amides is 1. The van der Waals surface area contributed by atoms with Crippen molar-refractivity contribution in [1.82, 2.24) is 5.32 Å². The van der Waals surface area contributed by atoms with Gasteiger partial charge in [0.25, 0.3) is 0 Å². The second-order valence-electron chi connectivity index (χ2n) is 8.29. The molecule has 1 aliphatic heterocycles. The smallest absolute Gasteiger partial charge is 0.230 e. The predicted octanol–water partition coefficient (Wildman–Crippen LogP) is 4.94. The first-order valence-electron chi connectivity index (χ1n) is 10.1. The first-order chi connectivity index (χ1) is 14.3. The van der Waals surface area contributed by atoms with E-state index < -0.39 is 5.41 Å². The summed E-state index contributed by atoms with van der Waals surface area (Å²) < 4.78 is 5.50. The summed E-state index contributed by atoms with van der Waals surface area (Å²) in [5.74, 6) is 0.804. The van der Waals surface area contributed by atoms with Crippen LogP contribution in [0.1, 0.15) is 36.8 Å². The van der Waals surface area contributed by atoms with E-state index in [1.165, 1.54) is 0 Å². The Hall–Kier alpha value is -2.01. The van der Waals surface area contributed by atoms with Gasteiger partial charge in [-0.1, -0.05) is 53.6 Å². The van der Waals surface area contributed by atoms with Gasteiger partial charge in [-0.2, -0.15) is 0 Å². The topological polar surface area (TPSA) is 58.6 Å². The van der Waals surface area contributed by atoms with Crippen LogP contribution < -0.4 is 10.1 Å². The van der Waals surface area contributed by atoms with Gasteiger partial charge in [0.05, 0.1) is 12.0 Å². The van der Waals surface area contributed by atoms with E-state index in [9.17, 15) is 4.79 Å². The molecule has 0 aromatic heterocycles. The molecule has 158 valence electrons. The summed E-state index contributed by atoms with van der Waals surface area (Å²) in [5.41, 5.74) is 1.54. The summed E-state index contributed by atoms with van der Waals surface area (Å²) in [6, 6.07) is 13.5. The number of carbonyl (C=O) groups excluding carboxylic acids is 1. The van der Waals surface area contributed by atoms with Gasteiger partial charge < -0.3 is 15.2 Å². The van der Waals surface area contributed by atoms with Crippen LogP contribution in [-0.2, 0) is 4.79 Å². The normalized spacial score (nSPS) is 30.1. The summed E-state index contributed by atoms with van der Waals surface area (Å²) in [5, 5.41) is 13.4. The Kier molecular flexibility index (Phi) is 5.84. The number of aliphatic hydroxyl groups is 1. The number of aliphatic hydroxyl groups excluding tert-OH is 1. The highest BCUT2D eigenvalue weighted by atomic mass is 35.5. The van der Waals surface area contributed by atoms with Crippen molar-refractivity contribution < 1.29 is 14.6 Å². The fourth-order valence-electron chi connectivity index (χ4n) is 5.07. The molecule has 0 saturated carbocycles. The van der Waals surface area contributed by atoms with Crippen molar-refractivity contribution in [2.45, 2.75) is 31.7 Å². The van der Waals surface area contributed by atoms with E-state index in [4.69, 9.17) is 33.0 Å². The van der Waals surface area contributed by atoms with Gasteiger partial charge in [-0.15, -0.1) is 0 Å². The molecule has 1 saturated heterocycles. The Balaban J connectivity index is 1.80. The molecule has 0 radical (unpaired) electrons. The third kappa shape index (κ3) is 3.62. The van der Waals surface area contributed by atoms with Crippen molar-refractivity contribution in [2.75, 3.05) is 13.2 Å². The van der Waals surface area contributed by atoms with Crippen molar-refractivity contribution in [3.63, 3.8) is 0 Å². The summed E-state index contributed by atoms with van der Waals surface area (Å²) in [4.78, 5) is 12.8. The molecule has 4 rings (SSSR count). The maximum atomic E-state index is 12.8. The quantitative estimate of drug-likeness (QED) is 0.640. The molecule has 2 aromatic carbocycles. The van der Waals surface area contributed by atoms with E-state index in [1.807, 2.05) is 49.4 Å². The van der Waals surface area contributed by atoms with Crippen LogP contribution in [0.2, 0.25) is 10.0 Å². The Morgan fingerprint density at radius 3 is 2.57 bits per heavy atom. The van der Waals surface area contributed by atoms with Gasteiger partial charge in [-0.05, 0) is 49.2 Å². The Bertz CT molecular complexity index is 975. The number of halogens is 2. The second kappa shape index (κ2) is 8.26. The molecule has 5 atom stereocenters.